The van der Waals surface area contributed by atoms with Crippen molar-refractivity contribution < 1.29 is 0 Å². The lowest BCUT2D eigenvalue weighted by molar-refractivity contribution is 0.754. The van der Waals surface area contributed by atoms with Crippen molar-refractivity contribution >= 4 is 18.8 Å². The Morgan fingerprint density at radius 3 is 2.82 bits per heavy atom. The zero-order valence-electron chi connectivity index (χ0n) is 6.91. The summed E-state index contributed by atoms with van der Waals surface area (Å²) in [6.45, 7) is 4.20. The van der Waals surface area contributed by atoms with E-state index in [-0.39, 0.29) is 0 Å². The van der Waals surface area contributed by atoms with Gasteiger partial charge in [0.25, 0.3) is 0 Å². The van der Waals surface area contributed by atoms with Gasteiger partial charge in [0.1, 0.15) is 5.70 Å². The molecule has 2 heteroatoms. The van der Waals surface area contributed by atoms with Crippen LogP contribution in [0.25, 0.3) is 0 Å². The first-order chi connectivity index (χ1) is 5.24. The second kappa shape index (κ2) is 6.06. The standard InChI is InChI=1S/C9H13NS/c1-4-8(3)6-10-9(5-2)7-11/h2,6-8,11H,4H2,1,3H3/b9-7-,10-6?. The summed E-state index contributed by atoms with van der Waals surface area (Å²) in [7, 11) is 0. The molecule has 0 fully saturated rings. The molecule has 0 spiro atoms. The predicted molar refractivity (Wildman–Crippen MR) is 53.8 cm³/mol. The van der Waals surface area contributed by atoms with Crippen molar-refractivity contribution in [3.05, 3.63) is 11.1 Å². The van der Waals surface area contributed by atoms with Crippen LogP contribution in [0.3, 0.4) is 0 Å². The Balaban J connectivity index is 4.03. The fraction of sp³-hybridized carbons (Fsp3) is 0.444. The largest absolute Gasteiger partial charge is 0.251 e. The highest BCUT2D eigenvalue weighted by Crippen LogP contribution is 2.00. The predicted octanol–water partition coefficient (Wildman–Crippen LogP) is 2.51. The third kappa shape index (κ3) is 4.69. The van der Waals surface area contributed by atoms with E-state index >= 15 is 0 Å². The fourth-order valence-corrected chi connectivity index (χ4v) is 0.562. The molecule has 1 unspecified atom stereocenters. The molecule has 0 N–H and O–H groups in total. The van der Waals surface area contributed by atoms with Crippen molar-refractivity contribution in [1.82, 2.24) is 0 Å². The zero-order valence-corrected chi connectivity index (χ0v) is 7.81. The average Bonchev–Trinajstić information content (AvgIpc) is 2.06. The van der Waals surface area contributed by atoms with Crippen molar-refractivity contribution in [1.29, 1.82) is 0 Å². The van der Waals surface area contributed by atoms with Gasteiger partial charge in [-0.25, -0.2) is 0 Å². The van der Waals surface area contributed by atoms with E-state index < -0.39 is 0 Å². The lowest BCUT2D eigenvalue weighted by Gasteiger charge is -1.97. The minimum Gasteiger partial charge on any atom is -0.251 e. The molecule has 1 nitrogen and oxygen atoms in total. The van der Waals surface area contributed by atoms with E-state index in [1.807, 2.05) is 6.21 Å². The second-order valence-corrected chi connectivity index (χ2v) is 2.58. The summed E-state index contributed by atoms with van der Waals surface area (Å²) in [6, 6.07) is 0. The Morgan fingerprint density at radius 1 is 1.82 bits per heavy atom. The minimum absolute atomic E-state index is 0.478. The number of terminal acetylenes is 1. The first-order valence-corrected chi connectivity index (χ1v) is 4.11. The molecule has 0 rings (SSSR count). The number of nitrogens with zero attached hydrogens (tertiary/aromatic N) is 1. The van der Waals surface area contributed by atoms with Crippen LogP contribution < -0.4 is 0 Å². The van der Waals surface area contributed by atoms with E-state index in [0.29, 0.717) is 11.6 Å². The Bertz CT molecular complexity index is 198. The van der Waals surface area contributed by atoms with Gasteiger partial charge in [0.05, 0.1) is 0 Å². The summed E-state index contributed by atoms with van der Waals surface area (Å²) < 4.78 is 0. The van der Waals surface area contributed by atoms with Gasteiger partial charge in [0, 0.05) is 11.6 Å². The monoisotopic (exact) mass is 167 g/mol. The lowest BCUT2D eigenvalue weighted by atomic mass is 10.1. The van der Waals surface area contributed by atoms with Gasteiger partial charge in [-0.3, -0.25) is 4.99 Å². The number of aliphatic imine (C=N–C) groups is 1. The highest BCUT2D eigenvalue weighted by atomic mass is 32.1. The summed E-state index contributed by atoms with van der Waals surface area (Å²) in [5, 5.41) is 1.53. The van der Waals surface area contributed by atoms with E-state index in [9.17, 15) is 0 Å². The number of hydrogen-bond acceptors (Lipinski definition) is 2. The lowest BCUT2D eigenvalue weighted by Crippen LogP contribution is -1.92. The third-order valence-electron chi connectivity index (χ3n) is 1.38. The smallest absolute Gasteiger partial charge is 0.118 e. The molecule has 0 aliphatic rings. The van der Waals surface area contributed by atoms with Crippen LogP contribution in [-0.2, 0) is 0 Å². The fourth-order valence-electron chi connectivity index (χ4n) is 0.421. The Kier molecular flexibility index (Phi) is 5.68. The maximum absolute atomic E-state index is 5.13. The third-order valence-corrected chi connectivity index (χ3v) is 1.63. The van der Waals surface area contributed by atoms with Crippen LogP contribution in [0.4, 0.5) is 0 Å². The summed E-state index contributed by atoms with van der Waals surface area (Å²) in [4.78, 5) is 4.06. The van der Waals surface area contributed by atoms with Gasteiger partial charge in [0.2, 0.25) is 0 Å². The molecule has 0 aromatic rings. The summed E-state index contributed by atoms with van der Waals surface area (Å²) >= 11 is 3.91. The van der Waals surface area contributed by atoms with Gasteiger partial charge in [-0.15, -0.1) is 19.1 Å². The normalized spacial score (nSPS) is 14.9. The molecule has 0 radical (unpaired) electrons. The SMILES string of the molecule is C#C/C(=C/S)N=CC(C)CC. The average molecular weight is 167 g/mol. The van der Waals surface area contributed by atoms with Crippen LogP contribution in [-0.4, -0.2) is 6.21 Å². The van der Waals surface area contributed by atoms with Crippen molar-refractivity contribution in [2.24, 2.45) is 10.9 Å². The highest BCUT2D eigenvalue weighted by Gasteiger charge is 1.91. The molecular weight excluding hydrogens is 154 g/mol. The molecular formula is C9H13NS. The molecule has 1 atom stereocenters. The molecule has 0 aromatic heterocycles. The van der Waals surface area contributed by atoms with E-state index in [1.165, 1.54) is 5.41 Å². The summed E-state index contributed by atoms with van der Waals surface area (Å²) in [6.07, 6.45) is 8.06. The Labute approximate surface area is 74.0 Å². The van der Waals surface area contributed by atoms with Crippen LogP contribution in [0.1, 0.15) is 20.3 Å². The van der Waals surface area contributed by atoms with E-state index in [1.54, 1.807) is 0 Å². The topological polar surface area (TPSA) is 12.4 Å². The summed E-state index contributed by atoms with van der Waals surface area (Å²) in [5.74, 6) is 2.90. The molecule has 60 valence electrons. The van der Waals surface area contributed by atoms with Gasteiger partial charge < -0.3 is 0 Å². The van der Waals surface area contributed by atoms with Crippen LogP contribution in [0, 0.1) is 18.3 Å². The van der Waals surface area contributed by atoms with Crippen LogP contribution in [0.5, 0.6) is 0 Å². The van der Waals surface area contributed by atoms with Crippen molar-refractivity contribution in [2.45, 2.75) is 20.3 Å². The van der Waals surface area contributed by atoms with Crippen molar-refractivity contribution in [3.63, 3.8) is 0 Å². The maximum atomic E-state index is 5.13. The molecule has 0 heterocycles. The molecule has 0 aliphatic heterocycles. The number of thiol groups is 1. The van der Waals surface area contributed by atoms with Gasteiger partial charge in [0.15, 0.2) is 0 Å². The quantitative estimate of drug-likeness (QED) is 0.377. The Morgan fingerprint density at radius 2 is 2.45 bits per heavy atom. The molecule has 11 heavy (non-hydrogen) atoms. The van der Waals surface area contributed by atoms with Crippen molar-refractivity contribution in [3.8, 4) is 12.3 Å². The Hall–Kier alpha value is -0.680. The number of hydrogen-bond donors (Lipinski definition) is 1. The molecule has 0 saturated carbocycles. The van der Waals surface area contributed by atoms with E-state index in [0.717, 1.165) is 6.42 Å². The van der Waals surface area contributed by atoms with Gasteiger partial charge in [-0.2, -0.15) is 0 Å². The highest BCUT2D eigenvalue weighted by molar-refractivity contribution is 7.83. The maximum Gasteiger partial charge on any atom is 0.118 e. The zero-order chi connectivity index (χ0) is 8.69. The molecule has 0 bridgehead atoms. The number of allylic oxidation sites excluding steroid dienone is 1. The molecule has 0 saturated heterocycles. The van der Waals surface area contributed by atoms with Crippen LogP contribution in [0.2, 0.25) is 0 Å². The molecule has 0 amide bonds. The van der Waals surface area contributed by atoms with E-state index in [4.69, 9.17) is 6.42 Å². The summed E-state index contributed by atoms with van der Waals surface area (Å²) in [5.41, 5.74) is 0.577. The van der Waals surface area contributed by atoms with Gasteiger partial charge in [-0.05, 0) is 18.3 Å². The van der Waals surface area contributed by atoms with Crippen molar-refractivity contribution in [2.75, 3.05) is 0 Å². The van der Waals surface area contributed by atoms with Crippen LogP contribution in [0.15, 0.2) is 16.1 Å². The number of rotatable bonds is 3. The first-order valence-electron chi connectivity index (χ1n) is 3.59. The molecule has 0 aromatic carbocycles. The minimum atomic E-state index is 0.478. The van der Waals surface area contributed by atoms with Crippen LogP contribution >= 0.6 is 12.6 Å². The molecule has 0 aliphatic carbocycles. The van der Waals surface area contributed by atoms with Gasteiger partial charge >= 0.3 is 0 Å². The second-order valence-electron chi connectivity index (χ2n) is 2.32. The van der Waals surface area contributed by atoms with E-state index in [2.05, 4.69) is 37.4 Å². The van der Waals surface area contributed by atoms with Gasteiger partial charge in [-0.1, -0.05) is 13.8 Å². The first kappa shape index (κ1) is 10.3.